The van der Waals surface area contributed by atoms with Crippen LogP contribution in [0.4, 0.5) is 0 Å². The van der Waals surface area contributed by atoms with Gasteiger partial charge in [0.2, 0.25) is 0 Å². The maximum absolute atomic E-state index is 12.8. The summed E-state index contributed by atoms with van der Waals surface area (Å²) in [5.41, 5.74) is -0.433. The van der Waals surface area contributed by atoms with Gasteiger partial charge in [-0.2, -0.15) is 11.8 Å². The van der Waals surface area contributed by atoms with Crippen LogP contribution in [0.3, 0.4) is 0 Å². The van der Waals surface area contributed by atoms with Gasteiger partial charge in [0.1, 0.15) is 0 Å². The van der Waals surface area contributed by atoms with Crippen LogP contribution in [0.2, 0.25) is 0 Å². The van der Waals surface area contributed by atoms with Crippen LogP contribution in [0.1, 0.15) is 86.5 Å². The van der Waals surface area contributed by atoms with Crippen LogP contribution in [0, 0.1) is 11.3 Å². The van der Waals surface area contributed by atoms with Gasteiger partial charge in [-0.05, 0) is 46.0 Å². The Kier molecular flexibility index (Phi) is 7.78. The van der Waals surface area contributed by atoms with Crippen LogP contribution < -0.4 is 0 Å². The van der Waals surface area contributed by atoms with Crippen molar-refractivity contribution in [3.8, 4) is 0 Å². The third-order valence-corrected chi connectivity index (χ3v) is 7.39. The first kappa shape index (κ1) is 19.9. The molecule has 0 aromatic carbocycles. The zero-order valence-corrected chi connectivity index (χ0v) is 16.4. The number of thioether (sulfide) groups is 1. The highest BCUT2D eigenvalue weighted by Gasteiger charge is 2.52. The van der Waals surface area contributed by atoms with Crippen molar-refractivity contribution < 1.29 is 9.53 Å². The first-order valence-corrected chi connectivity index (χ1v) is 9.98. The molecule has 0 bridgehead atoms. The molecule has 0 aliphatic heterocycles. The van der Waals surface area contributed by atoms with Gasteiger partial charge in [0.05, 0.1) is 12.0 Å². The molecule has 1 aliphatic carbocycles. The topological polar surface area (TPSA) is 26.3 Å². The molecule has 1 atom stereocenters. The molecule has 0 radical (unpaired) electrons. The average Bonchev–Trinajstić information content (AvgIpc) is 2.41. The van der Waals surface area contributed by atoms with Crippen molar-refractivity contribution in [2.45, 2.75) is 96.5 Å². The van der Waals surface area contributed by atoms with Crippen LogP contribution in [-0.4, -0.2) is 22.6 Å². The van der Waals surface area contributed by atoms with E-state index in [0.717, 1.165) is 18.1 Å². The van der Waals surface area contributed by atoms with Crippen LogP contribution >= 0.6 is 11.8 Å². The lowest BCUT2D eigenvalue weighted by atomic mass is 9.70. The summed E-state index contributed by atoms with van der Waals surface area (Å²) in [6.45, 7) is 13.6. The molecule has 1 fully saturated rings. The Morgan fingerprint density at radius 3 is 2.27 bits per heavy atom. The van der Waals surface area contributed by atoms with Crippen molar-refractivity contribution in [1.29, 1.82) is 0 Å². The van der Waals surface area contributed by atoms with Gasteiger partial charge in [-0.15, -0.1) is 0 Å². The number of carbonyl (C=O) groups is 1. The third kappa shape index (κ3) is 4.66. The number of hydrogen-bond acceptors (Lipinski definition) is 3. The maximum Gasteiger partial charge on any atom is 0.313 e. The Morgan fingerprint density at radius 2 is 1.82 bits per heavy atom. The molecule has 1 unspecified atom stereocenters. The molecule has 1 saturated carbocycles. The van der Waals surface area contributed by atoms with Crippen molar-refractivity contribution in [3.05, 3.63) is 0 Å². The molecular weight excluding hydrogens is 292 g/mol. The Bertz CT molecular complexity index is 347. The summed E-state index contributed by atoms with van der Waals surface area (Å²) >= 11 is 2.00. The lowest BCUT2D eigenvalue weighted by molar-refractivity contribution is -0.159. The van der Waals surface area contributed by atoms with Gasteiger partial charge < -0.3 is 4.74 Å². The predicted molar refractivity (Wildman–Crippen MR) is 97.4 cm³/mol. The normalized spacial score (nSPS) is 18.9. The smallest absolute Gasteiger partial charge is 0.313 e. The minimum Gasteiger partial charge on any atom is -0.465 e. The molecule has 0 spiro atoms. The highest BCUT2D eigenvalue weighted by molar-refractivity contribution is 8.01. The van der Waals surface area contributed by atoms with Crippen molar-refractivity contribution >= 4 is 17.7 Å². The van der Waals surface area contributed by atoms with E-state index < -0.39 is 5.41 Å². The van der Waals surface area contributed by atoms with Gasteiger partial charge in [-0.3, -0.25) is 4.79 Å². The molecule has 1 aliphatic rings. The standard InChI is InChI=1S/C19H36O2S/c1-7-8-9-10-14-21-17(20)19(6,15(2)3)18(4,5)22-16-12-11-13-16/h15-16H,7-14H2,1-6H3. The minimum atomic E-state index is -0.433. The van der Waals surface area contributed by atoms with Crippen LogP contribution in [0.25, 0.3) is 0 Å². The maximum atomic E-state index is 12.8. The van der Waals surface area contributed by atoms with Crippen LogP contribution in [0.5, 0.6) is 0 Å². The fraction of sp³-hybridized carbons (Fsp3) is 0.947. The van der Waals surface area contributed by atoms with Gasteiger partial charge in [-0.1, -0.05) is 46.5 Å². The zero-order valence-electron chi connectivity index (χ0n) is 15.5. The van der Waals surface area contributed by atoms with Crippen molar-refractivity contribution in [2.24, 2.45) is 11.3 Å². The van der Waals surface area contributed by atoms with E-state index in [1.165, 1.54) is 32.1 Å². The van der Waals surface area contributed by atoms with Gasteiger partial charge in [0.15, 0.2) is 0 Å². The second kappa shape index (κ2) is 8.61. The van der Waals surface area contributed by atoms with E-state index in [4.69, 9.17) is 4.74 Å². The van der Waals surface area contributed by atoms with Crippen LogP contribution in [0.15, 0.2) is 0 Å². The Hall–Kier alpha value is -0.180. The lowest BCUT2D eigenvalue weighted by Gasteiger charge is -2.47. The summed E-state index contributed by atoms with van der Waals surface area (Å²) in [7, 11) is 0. The Morgan fingerprint density at radius 1 is 1.18 bits per heavy atom. The second-order valence-electron chi connectivity index (χ2n) is 7.73. The molecule has 0 N–H and O–H groups in total. The zero-order chi connectivity index (χ0) is 16.8. The molecule has 130 valence electrons. The molecule has 0 heterocycles. The van der Waals surface area contributed by atoms with Gasteiger partial charge >= 0.3 is 5.97 Å². The van der Waals surface area contributed by atoms with E-state index in [-0.39, 0.29) is 16.6 Å². The molecule has 0 aromatic rings. The fourth-order valence-corrected chi connectivity index (χ4v) is 5.01. The van der Waals surface area contributed by atoms with E-state index in [9.17, 15) is 4.79 Å². The molecule has 1 rings (SSSR count). The third-order valence-electron chi connectivity index (χ3n) is 5.57. The second-order valence-corrected chi connectivity index (χ2v) is 9.66. The summed E-state index contributed by atoms with van der Waals surface area (Å²) in [5.74, 6) is 0.272. The highest BCUT2D eigenvalue weighted by Crippen LogP contribution is 2.52. The first-order chi connectivity index (χ1) is 10.3. The number of unbranched alkanes of at least 4 members (excludes halogenated alkanes) is 3. The van der Waals surface area contributed by atoms with E-state index in [0.29, 0.717) is 6.61 Å². The van der Waals surface area contributed by atoms with Crippen molar-refractivity contribution in [3.63, 3.8) is 0 Å². The van der Waals surface area contributed by atoms with E-state index in [1.807, 2.05) is 11.8 Å². The minimum absolute atomic E-state index is 0.00387. The molecule has 22 heavy (non-hydrogen) atoms. The van der Waals surface area contributed by atoms with E-state index >= 15 is 0 Å². The SMILES string of the molecule is CCCCCCOC(=O)C(C)(C(C)C)C(C)(C)SC1CCC1. The number of hydrogen-bond donors (Lipinski definition) is 0. The highest BCUT2D eigenvalue weighted by atomic mass is 32.2. The number of esters is 1. The number of rotatable bonds is 10. The van der Waals surface area contributed by atoms with Gasteiger partial charge in [-0.25, -0.2) is 0 Å². The number of carbonyl (C=O) groups excluding carboxylic acids is 1. The monoisotopic (exact) mass is 328 g/mol. The van der Waals surface area contributed by atoms with Crippen molar-refractivity contribution in [2.75, 3.05) is 6.61 Å². The van der Waals surface area contributed by atoms with E-state index in [1.54, 1.807) is 0 Å². The summed E-state index contributed by atoms with van der Waals surface area (Å²) in [6, 6.07) is 0. The average molecular weight is 329 g/mol. The lowest BCUT2D eigenvalue weighted by Crippen LogP contribution is -2.51. The summed E-state index contributed by atoms with van der Waals surface area (Å²) in [5, 5.41) is 0.727. The first-order valence-electron chi connectivity index (χ1n) is 9.10. The van der Waals surface area contributed by atoms with Gasteiger partial charge in [0.25, 0.3) is 0 Å². The van der Waals surface area contributed by atoms with Gasteiger partial charge in [0, 0.05) is 10.00 Å². The number of ether oxygens (including phenoxy) is 1. The largest absolute Gasteiger partial charge is 0.465 e. The molecule has 2 nitrogen and oxygen atoms in total. The predicted octanol–water partition coefficient (Wildman–Crippen LogP) is 5.84. The Labute approximate surface area is 142 Å². The molecular formula is C19H36O2S. The molecule has 0 saturated heterocycles. The van der Waals surface area contributed by atoms with E-state index in [2.05, 4.69) is 41.5 Å². The van der Waals surface area contributed by atoms with Crippen LogP contribution in [-0.2, 0) is 9.53 Å². The molecule has 0 amide bonds. The summed E-state index contributed by atoms with van der Waals surface area (Å²) in [6.07, 6.45) is 8.52. The molecule has 0 aromatic heterocycles. The quantitative estimate of drug-likeness (QED) is 0.372. The fourth-order valence-electron chi connectivity index (χ4n) is 3.05. The summed E-state index contributed by atoms with van der Waals surface area (Å²) in [4.78, 5) is 12.8. The van der Waals surface area contributed by atoms with Crippen molar-refractivity contribution in [1.82, 2.24) is 0 Å². The Balaban J connectivity index is 2.65. The molecule has 3 heteroatoms. The summed E-state index contributed by atoms with van der Waals surface area (Å²) < 4.78 is 5.59.